The maximum atomic E-state index is 12.3. The van der Waals surface area contributed by atoms with Crippen LogP contribution < -0.4 is 0 Å². The number of hydrogen-bond acceptors (Lipinski definition) is 2. The van der Waals surface area contributed by atoms with Crippen molar-refractivity contribution in [3.8, 4) is 0 Å². The van der Waals surface area contributed by atoms with E-state index in [9.17, 15) is 4.79 Å². The lowest BCUT2D eigenvalue weighted by Gasteiger charge is -2.32. The molecule has 1 aromatic carbocycles. The first-order valence-corrected chi connectivity index (χ1v) is 6.64. The van der Waals surface area contributed by atoms with Crippen LogP contribution >= 0.6 is 0 Å². The highest BCUT2D eigenvalue weighted by Crippen LogP contribution is 2.13. The van der Waals surface area contributed by atoms with E-state index in [2.05, 4.69) is 19.9 Å². The van der Waals surface area contributed by atoms with E-state index in [0.717, 1.165) is 25.1 Å². The van der Waals surface area contributed by atoms with E-state index in [1.165, 1.54) is 5.56 Å². The second kappa shape index (κ2) is 6.01. The van der Waals surface area contributed by atoms with E-state index in [-0.39, 0.29) is 12.0 Å². The lowest BCUT2D eigenvalue weighted by molar-refractivity contribution is -0.138. The second-order valence-corrected chi connectivity index (χ2v) is 4.84. The first kappa shape index (κ1) is 13.1. The molecule has 2 rings (SSSR count). The van der Waals surface area contributed by atoms with Crippen molar-refractivity contribution in [2.45, 2.75) is 32.8 Å². The zero-order chi connectivity index (χ0) is 13.0. The Morgan fingerprint density at radius 2 is 2.22 bits per heavy atom. The van der Waals surface area contributed by atoms with Crippen LogP contribution in [0.25, 0.3) is 0 Å². The quantitative estimate of drug-likeness (QED) is 0.819. The van der Waals surface area contributed by atoms with Gasteiger partial charge in [-0.05, 0) is 24.5 Å². The molecule has 3 heteroatoms. The Morgan fingerprint density at radius 1 is 1.44 bits per heavy atom. The van der Waals surface area contributed by atoms with Crippen LogP contribution in [0.3, 0.4) is 0 Å². The molecular formula is C15H21NO2. The van der Waals surface area contributed by atoms with E-state index < -0.39 is 0 Å². The van der Waals surface area contributed by atoms with E-state index >= 15 is 0 Å². The van der Waals surface area contributed by atoms with Gasteiger partial charge in [0.15, 0.2) is 0 Å². The highest BCUT2D eigenvalue weighted by Gasteiger charge is 2.23. The predicted molar refractivity (Wildman–Crippen MR) is 71.5 cm³/mol. The molecule has 0 spiro atoms. The molecule has 0 N–H and O–H groups in total. The van der Waals surface area contributed by atoms with Crippen LogP contribution in [0.15, 0.2) is 24.3 Å². The number of hydrogen-bond donors (Lipinski definition) is 0. The number of amides is 1. The molecule has 0 saturated carbocycles. The maximum absolute atomic E-state index is 12.3. The molecule has 18 heavy (non-hydrogen) atoms. The Bertz CT molecular complexity index is 417. The van der Waals surface area contributed by atoms with Gasteiger partial charge >= 0.3 is 0 Å². The number of carbonyl (C=O) groups is 1. The van der Waals surface area contributed by atoms with Gasteiger partial charge in [-0.15, -0.1) is 0 Å². The number of ether oxygens (including phenoxy) is 1. The lowest BCUT2D eigenvalue weighted by atomic mass is 10.0. The molecule has 1 unspecified atom stereocenters. The predicted octanol–water partition coefficient (Wildman–Crippen LogP) is 2.17. The fourth-order valence-corrected chi connectivity index (χ4v) is 2.28. The van der Waals surface area contributed by atoms with E-state index in [4.69, 9.17) is 4.74 Å². The van der Waals surface area contributed by atoms with Gasteiger partial charge in [-0.2, -0.15) is 0 Å². The van der Waals surface area contributed by atoms with Gasteiger partial charge < -0.3 is 9.64 Å². The van der Waals surface area contributed by atoms with Gasteiger partial charge in [-0.3, -0.25) is 4.79 Å². The molecule has 1 heterocycles. The van der Waals surface area contributed by atoms with Crippen LogP contribution in [0.1, 0.15) is 24.5 Å². The molecule has 0 aliphatic carbocycles. The summed E-state index contributed by atoms with van der Waals surface area (Å²) in [5.74, 6) is 0.214. The zero-order valence-electron chi connectivity index (χ0n) is 11.2. The monoisotopic (exact) mass is 247 g/mol. The standard InChI is InChI=1S/C15H21NO2/c1-3-14-11-16(8-9-18-14)15(17)10-13-7-5-4-6-12(13)2/h4-7,14H,3,8-11H2,1-2H3. The van der Waals surface area contributed by atoms with Gasteiger partial charge in [0.2, 0.25) is 5.91 Å². The molecule has 3 nitrogen and oxygen atoms in total. The lowest BCUT2D eigenvalue weighted by Crippen LogP contribution is -2.46. The number of aryl methyl sites for hydroxylation is 1. The molecule has 1 aliphatic heterocycles. The SMILES string of the molecule is CCC1CN(C(=O)Cc2ccccc2C)CCO1. The summed E-state index contributed by atoms with van der Waals surface area (Å²) in [6.45, 7) is 6.28. The van der Waals surface area contributed by atoms with Crippen LogP contribution in [0.5, 0.6) is 0 Å². The largest absolute Gasteiger partial charge is 0.375 e. The smallest absolute Gasteiger partial charge is 0.227 e. The third-order valence-corrected chi connectivity index (χ3v) is 3.55. The molecule has 1 saturated heterocycles. The normalized spacial score (nSPS) is 19.9. The minimum Gasteiger partial charge on any atom is -0.375 e. The van der Waals surface area contributed by atoms with Crippen molar-refractivity contribution < 1.29 is 9.53 Å². The average molecular weight is 247 g/mol. The molecule has 1 aliphatic rings. The molecule has 1 fully saturated rings. The first-order chi connectivity index (χ1) is 8.70. The zero-order valence-corrected chi connectivity index (χ0v) is 11.2. The van der Waals surface area contributed by atoms with Crippen LogP contribution in [-0.2, 0) is 16.0 Å². The summed E-state index contributed by atoms with van der Waals surface area (Å²) in [5.41, 5.74) is 2.31. The van der Waals surface area contributed by atoms with Gasteiger partial charge in [-0.1, -0.05) is 31.2 Å². The molecule has 98 valence electrons. The summed E-state index contributed by atoms with van der Waals surface area (Å²) in [4.78, 5) is 14.2. The molecule has 0 bridgehead atoms. The van der Waals surface area contributed by atoms with Crippen molar-refractivity contribution in [3.63, 3.8) is 0 Å². The second-order valence-electron chi connectivity index (χ2n) is 4.84. The molecule has 1 atom stereocenters. The van der Waals surface area contributed by atoms with E-state index in [1.54, 1.807) is 0 Å². The topological polar surface area (TPSA) is 29.5 Å². The number of benzene rings is 1. The Hall–Kier alpha value is -1.35. The van der Waals surface area contributed by atoms with Crippen molar-refractivity contribution in [2.75, 3.05) is 19.7 Å². The van der Waals surface area contributed by atoms with Crippen LogP contribution in [0, 0.1) is 6.92 Å². The fraction of sp³-hybridized carbons (Fsp3) is 0.533. The molecule has 1 amide bonds. The molecule has 0 radical (unpaired) electrons. The molecule has 1 aromatic rings. The van der Waals surface area contributed by atoms with Crippen molar-refractivity contribution in [3.05, 3.63) is 35.4 Å². The van der Waals surface area contributed by atoms with Gasteiger partial charge in [0.1, 0.15) is 0 Å². The number of morpholine rings is 1. The van der Waals surface area contributed by atoms with E-state index in [0.29, 0.717) is 13.0 Å². The van der Waals surface area contributed by atoms with Crippen molar-refractivity contribution >= 4 is 5.91 Å². The first-order valence-electron chi connectivity index (χ1n) is 6.64. The summed E-state index contributed by atoms with van der Waals surface area (Å²) in [7, 11) is 0. The fourth-order valence-electron chi connectivity index (χ4n) is 2.28. The van der Waals surface area contributed by atoms with E-state index in [1.807, 2.05) is 23.1 Å². The summed E-state index contributed by atoms with van der Waals surface area (Å²) in [5, 5.41) is 0. The van der Waals surface area contributed by atoms with Gasteiger partial charge in [0.25, 0.3) is 0 Å². The van der Waals surface area contributed by atoms with Crippen LogP contribution in [0.4, 0.5) is 0 Å². The van der Waals surface area contributed by atoms with Crippen LogP contribution in [-0.4, -0.2) is 36.6 Å². The number of carbonyl (C=O) groups excluding carboxylic acids is 1. The summed E-state index contributed by atoms with van der Waals surface area (Å²) >= 11 is 0. The van der Waals surface area contributed by atoms with Crippen molar-refractivity contribution in [1.82, 2.24) is 4.90 Å². The number of rotatable bonds is 3. The minimum atomic E-state index is 0.208. The Morgan fingerprint density at radius 3 is 2.94 bits per heavy atom. The summed E-state index contributed by atoms with van der Waals surface area (Å²) < 4.78 is 5.59. The van der Waals surface area contributed by atoms with Gasteiger partial charge in [0, 0.05) is 13.1 Å². The third kappa shape index (κ3) is 3.10. The Labute approximate surface area is 109 Å². The van der Waals surface area contributed by atoms with Crippen molar-refractivity contribution in [2.24, 2.45) is 0 Å². The Balaban J connectivity index is 1.97. The third-order valence-electron chi connectivity index (χ3n) is 3.55. The van der Waals surface area contributed by atoms with Crippen molar-refractivity contribution in [1.29, 1.82) is 0 Å². The minimum absolute atomic E-state index is 0.208. The Kier molecular flexibility index (Phi) is 4.37. The highest BCUT2D eigenvalue weighted by molar-refractivity contribution is 5.79. The highest BCUT2D eigenvalue weighted by atomic mass is 16.5. The number of nitrogens with zero attached hydrogens (tertiary/aromatic N) is 1. The van der Waals surface area contributed by atoms with Gasteiger partial charge in [0.05, 0.1) is 19.1 Å². The molecule has 0 aromatic heterocycles. The average Bonchev–Trinajstić information content (AvgIpc) is 2.41. The molecular weight excluding hydrogens is 226 g/mol. The van der Waals surface area contributed by atoms with Crippen LogP contribution in [0.2, 0.25) is 0 Å². The summed E-state index contributed by atoms with van der Waals surface area (Å²) in [6, 6.07) is 8.08. The summed E-state index contributed by atoms with van der Waals surface area (Å²) in [6.07, 6.45) is 1.68. The maximum Gasteiger partial charge on any atom is 0.227 e. The van der Waals surface area contributed by atoms with Gasteiger partial charge in [-0.25, -0.2) is 0 Å².